The summed E-state index contributed by atoms with van der Waals surface area (Å²) >= 11 is 11.3. The number of aromatic nitrogens is 3. The molecule has 0 spiro atoms. The zero-order chi connectivity index (χ0) is 13.3. The van der Waals surface area contributed by atoms with Crippen LogP contribution in [-0.2, 0) is 4.74 Å². The third-order valence-electron chi connectivity index (χ3n) is 2.96. The minimum Gasteiger partial charge on any atom is -0.383 e. The van der Waals surface area contributed by atoms with Gasteiger partial charge in [0.15, 0.2) is 10.4 Å². The molecule has 0 aliphatic carbocycles. The molecule has 2 rings (SSSR count). The van der Waals surface area contributed by atoms with E-state index < -0.39 is 0 Å². The van der Waals surface area contributed by atoms with Crippen molar-refractivity contribution in [3.63, 3.8) is 0 Å². The zero-order valence-electron chi connectivity index (χ0n) is 10.6. The highest BCUT2D eigenvalue weighted by Gasteiger charge is 2.19. The van der Waals surface area contributed by atoms with Crippen LogP contribution in [-0.4, -0.2) is 28.3 Å². The monoisotopic (exact) mass is 285 g/mol. The Morgan fingerprint density at radius 2 is 2.28 bits per heavy atom. The fraction of sp³-hybridized carbons (Fsp3) is 0.500. The Morgan fingerprint density at radius 3 is 2.89 bits per heavy atom. The van der Waals surface area contributed by atoms with Gasteiger partial charge in [0.05, 0.1) is 23.2 Å². The van der Waals surface area contributed by atoms with E-state index in [1.54, 1.807) is 13.3 Å². The van der Waals surface area contributed by atoms with Crippen LogP contribution < -0.4 is 0 Å². The van der Waals surface area contributed by atoms with Crippen molar-refractivity contribution in [2.45, 2.75) is 19.9 Å². The van der Waals surface area contributed by atoms with Crippen LogP contribution in [0, 0.1) is 10.7 Å². The number of hydrogen-bond acceptors (Lipinski definition) is 3. The highest BCUT2D eigenvalue weighted by Crippen LogP contribution is 2.25. The molecular formula is C12H16ClN3OS. The summed E-state index contributed by atoms with van der Waals surface area (Å²) in [5.41, 5.74) is 1.68. The van der Waals surface area contributed by atoms with E-state index in [0.717, 1.165) is 11.2 Å². The molecule has 0 aliphatic rings. The summed E-state index contributed by atoms with van der Waals surface area (Å²) in [6, 6.07) is 1.99. The van der Waals surface area contributed by atoms with E-state index in [9.17, 15) is 0 Å². The summed E-state index contributed by atoms with van der Waals surface area (Å²) in [7, 11) is 1.69. The van der Waals surface area contributed by atoms with Crippen LogP contribution in [0.25, 0.3) is 11.2 Å². The third kappa shape index (κ3) is 2.43. The van der Waals surface area contributed by atoms with Crippen molar-refractivity contribution < 1.29 is 4.74 Å². The average molecular weight is 286 g/mol. The minimum absolute atomic E-state index is 0.157. The van der Waals surface area contributed by atoms with Gasteiger partial charge >= 0.3 is 0 Å². The van der Waals surface area contributed by atoms with Crippen molar-refractivity contribution in [3.05, 3.63) is 22.1 Å². The molecule has 98 valence electrons. The largest absolute Gasteiger partial charge is 0.383 e. The molecule has 2 aromatic rings. The van der Waals surface area contributed by atoms with Gasteiger partial charge in [-0.05, 0) is 24.2 Å². The predicted molar refractivity (Wildman–Crippen MR) is 75.7 cm³/mol. The molecule has 1 atom stereocenters. The summed E-state index contributed by atoms with van der Waals surface area (Å²) in [6.07, 6.45) is 1.63. The molecule has 0 saturated carbocycles. The Labute approximate surface area is 116 Å². The third-order valence-corrected chi connectivity index (χ3v) is 3.47. The molecule has 0 radical (unpaired) electrons. The van der Waals surface area contributed by atoms with Gasteiger partial charge in [-0.25, -0.2) is 4.98 Å². The van der Waals surface area contributed by atoms with Gasteiger partial charge in [0.1, 0.15) is 0 Å². The van der Waals surface area contributed by atoms with Crippen molar-refractivity contribution >= 4 is 35.0 Å². The number of nitrogens with zero attached hydrogens (tertiary/aromatic N) is 2. The molecule has 0 amide bonds. The molecule has 0 aromatic carbocycles. The molecular weight excluding hydrogens is 270 g/mol. The SMILES string of the molecule is COCC(C(C)C)n1c(=S)[nH]c2cc(Cl)cnc21. The molecule has 6 heteroatoms. The number of ether oxygens (including phenoxy) is 1. The number of H-pyrrole nitrogens is 1. The van der Waals surface area contributed by atoms with Gasteiger partial charge in [0.25, 0.3) is 0 Å². The van der Waals surface area contributed by atoms with Crippen LogP contribution in [0.4, 0.5) is 0 Å². The fourth-order valence-electron chi connectivity index (χ4n) is 2.03. The normalized spacial score (nSPS) is 13.4. The Kier molecular flexibility index (Phi) is 4.04. The topological polar surface area (TPSA) is 42.8 Å². The number of methoxy groups -OCH3 is 1. The second kappa shape index (κ2) is 5.38. The molecule has 18 heavy (non-hydrogen) atoms. The van der Waals surface area contributed by atoms with E-state index in [-0.39, 0.29) is 6.04 Å². The summed E-state index contributed by atoms with van der Waals surface area (Å²) in [5, 5.41) is 0.596. The molecule has 0 fully saturated rings. The lowest BCUT2D eigenvalue weighted by molar-refractivity contribution is 0.134. The van der Waals surface area contributed by atoms with Crippen LogP contribution in [0.5, 0.6) is 0 Å². The number of imidazole rings is 1. The summed E-state index contributed by atoms with van der Waals surface area (Å²) in [5.74, 6) is 0.396. The molecule has 0 saturated heterocycles. The summed E-state index contributed by atoms with van der Waals surface area (Å²) in [4.78, 5) is 7.50. The van der Waals surface area contributed by atoms with Crippen molar-refractivity contribution in [1.82, 2.24) is 14.5 Å². The van der Waals surface area contributed by atoms with E-state index in [1.165, 1.54) is 0 Å². The number of halogens is 1. The molecule has 1 N–H and O–H groups in total. The molecule has 0 aliphatic heterocycles. The maximum absolute atomic E-state index is 5.93. The highest BCUT2D eigenvalue weighted by molar-refractivity contribution is 7.71. The predicted octanol–water partition coefficient (Wildman–Crippen LogP) is 3.59. The smallest absolute Gasteiger partial charge is 0.179 e. The van der Waals surface area contributed by atoms with Crippen molar-refractivity contribution in [3.8, 4) is 0 Å². The maximum Gasteiger partial charge on any atom is 0.179 e. The fourth-order valence-corrected chi connectivity index (χ4v) is 2.52. The van der Waals surface area contributed by atoms with Gasteiger partial charge in [-0.2, -0.15) is 0 Å². The summed E-state index contributed by atoms with van der Waals surface area (Å²) in [6.45, 7) is 4.88. The first-order chi connectivity index (χ1) is 8.54. The lowest BCUT2D eigenvalue weighted by Gasteiger charge is -2.21. The van der Waals surface area contributed by atoms with Crippen molar-refractivity contribution in [1.29, 1.82) is 0 Å². The van der Waals surface area contributed by atoms with Gasteiger partial charge in [-0.15, -0.1) is 0 Å². The Bertz CT molecular complexity index is 605. The molecule has 4 nitrogen and oxygen atoms in total. The Hall–Kier alpha value is -0.910. The number of rotatable bonds is 4. The summed E-state index contributed by atoms with van der Waals surface area (Å²) < 4.78 is 7.94. The average Bonchev–Trinajstić information content (AvgIpc) is 2.61. The van der Waals surface area contributed by atoms with E-state index >= 15 is 0 Å². The first-order valence-electron chi connectivity index (χ1n) is 5.79. The zero-order valence-corrected chi connectivity index (χ0v) is 12.2. The first kappa shape index (κ1) is 13.5. The molecule has 1 unspecified atom stereocenters. The van der Waals surface area contributed by atoms with Gasteiger partial charge in [-0.1, -0.05) is 25.4 Å². The number of nitrogens with one attached hydrogen (secondary N) is 1. The van der Waals surface area contributed by atoms with E-state index in [0.29, 0.717) is 22.3 Å². The van der Waals surface area contributed by atoms with Crippen molar-refractivity contribution in [2.24, 2.45) is 5.92 Å². The van der Waals surface area contributed by atoms with E-state index in [1.807, 2.05) is 10.6 Å². The first-order valence-corrected chi connectivity index (χ1v) is 6.58. The number of aromatic amines is 1. The quantitative estimate of drug-likeness (QED) is 0.873. The molecule has 2 heterocycles. The van der Waals surface area contributed by atoms with Crippen LogP contribution in [0.2, 0.25) is 5.02 Å². The van der Waals surface area contributed by atoms with Gasteiger partial charge in [0, 0.05) is 13.3 Å². The van der Waals surface area contributed by atoms with Gasteiger partial charge < -0.3 is 9.72 Å². The lowest BCUT2D eigenvalue weighted by Crippen LogP contribution is -2.20. The van der Waals surface area contributed by atoms with Crippen LogP contribution in [0.1, 0.15) is 19.9 Å². The molecule has 0 bridgehead atoms. The van der Waals surface area contributed by atoms with E-state index in [2.05, 4.69) is 23.8 Å². The van der Waals surface area contributed by atoms with E-state index in [4.69, 9.17) is 28.6 Å². The van der Waals surface area contributed by atoms with Gasteiger partial charge in [0.2, 0.25) is 0 Å². The van der Waals surface area contributed by atoms with Crippen molar-refractivity contribution in [2.75, 3.05) is 13.7 Å². The number of pyridine rings is 1. The van der Waals surface area contributed by atoms with Crippen LogP contribution in [0.3, 0.4) is 0 Å². The standard InChI is InChI=1S/C12H16ClN3OS/c1-7(2)10(6-17-3)16-11-9(15-12(16)18)4-8(13)5-14-11/h4-5,7,10H,6H2,1-3H3,(H,15,18). The van der Waals surface area contributed by atoms with Crippen LogP contribution in [0.15, 0.2) is 12.3 Å². The van der Waals surface area contributed by atoms with Gasteiger partial charge in [-0.3, -0.25) is 4.57 Å². The second-order valence-electron chi connectivity index (χ2n) is 4.59. The lowest BCUT2D eigenvalue weighted by atomic mass is 10.1. The highest BCUT2D eigenvalue weighted by atomic mass is 35.5. The molecule has 2 aromatic heterocycles. The minimum atomic E-state index is 0.157. The number of hydrogen-bond donors (Lipinski definition) is 1. The maximum atomic E-state index is 5.93. The second-order valence-corrected chi connectivity index (χ2v) is 5.41. The Balaban J connectivity index is 2.61. The Morgan fingerprint density at radius 1 is 1.56 bits per heavy atom. The van der Waals surface area contributed by atoms with Crippen LogP contribution >= 0.6 is 23.8 Å². The number of fused-ring (bicyclic) bond motifs is 1.